The first-order valence-electron chi connectivity index (χ1n) is 14.4. The van der Waals surface area contributed by atoms with E-state index in [4.69, 9.17) is 11.0 Å². The van der Waals surface area contributed by atoms with Gasteiger partial charge in [-0.3, -0.25) is 0 Å². The van der Waals surface area contributed by atoms with E-state index in [1.165, 1.54) is 12.1 Å². The Hall–Kier alpha value is -3.47. The van der Waals surface area contributed by atoms with Gasteiger partial charge in [0.05, 0.1) is 20.8 Å². The maximum Gasteiger partial charge on any atom is 0.208 e. The molecule has 0 bridgehead atoms. The summed E-state index contributed by atoms with van der Waals surface area (Å²) in [6.45, 7) is 0. The summed E-state index contributed by atoms with van der Waals surface area (Å²) in [5.74, 6) is 0. The van der Waals surface area contributed by atoms with Gasteiger partial charge in [-0.2, -0.15) is 0 Å². The molecule has 162 valence electrons. The Kier molecular flexibility index (Phi) is 2.77. The topological polar surface area (TPSA) is 34.1 Å². The first kappa shape index (κ1) is 13.4. The quantitative estimate of drug-likeness (QED) is 0.200. The summed E-state index contributed by atoms with van der Waals surface area (Å²) in [5, 5.41) is 1.37. The first-order chi connectivity index (χ1) is 19.9. The number of sulfone groups is 1. The van der Waals surface area contributed by atoms with Crippen molar-refractivity contribution in [2.24, 2.45) is 0 Å². The van der Waals surface area contributed by atoms with Crippen molar-refractivity contribution in [3.05, 3.63) is 107 Å². The van der Waals surface area contributed by atoms with E-state index in [0.717, 1.165) is 5.39 Å². The van der Waals surface area contributed by atoms with Crippen LogP contribution in [-0.4, -0.2) is 8.42 Å². The zero-order valence-electron chi connectivity index (χ0n) is 25.3. The summed E-state index contributed by atoms with van der Waals surface area (Å²) in [6.07, 6.45) is 0. The lowest BCUT2D eigenvalue weighted by atomic mass is 9.87. The van der Waals surface area contributed by atoms with Gasteiger partial charge in [0.1, 0.15) is 0 Å². The summed E-state index contributed by atoms with van der Waals surface area (Å²) >= 11 is 3.42. The Morgan fingerprint density at radius 2 is 1.26 bits per heavy atom. The molecule has 1 heterocycles. The third-order valence-corrected chi connectivity index (χ3v) is 9.01. The van der Waals surface area contributed by atoms with Crippen LogP contribution >= 0.6 is 15.9 Å². The third kappa shape index (κ3) is 2.53. The number of benzene rings is 6. The standard InChI is InChI=1S/C30H17BrO2S/c31-29-22-12-5-3-10-20(22)27(21-11-4-6-13-23(21)29)24-14-7-15-26-28(24)25-17-16-18-8-1-2-9-19(18)30(25)34(26,32)33/h1-17H/i3D,4D,5D,6D,10D,11D,12D,13D. The van der Waals surface area contributed by atoms with Gasteiger partial charge < -0.3 is 0 Å². The van der Waals surface area contributed by atoms with Gasteiger partial charge in [-0.05, 0) is 60.1 Å². The van der Waals surface area contributed by atoms with E-state index in [1.807, 2.05) is 18.2 Å². The Morgan fingerprint density at radius 1 is 0.618 bits per heavy atom. The van der Waals surface area contributed by atoms with Gasteiger partial charge in [0.2, 0.25) is 9.84 Å². The lowest BCUT2D eigenvalue weighted by Gasteiger charge is -2.17. The lowest BCUT2D eigenvalue weighted by molar-refractivity contribution is 0.599. The van der Waals surface area contributed by atoms with Crippen molar-refractivity contribution in [2.45, 2.75) is 9.79 Å². The molecule has 1 aliphatic rings. The van der Waals surface area contributed by atoms with E-state index >= 15 is 0 Å². The minimum atomic E-state index is -4.01. The fourth-order valence-electron chi connectivity index (χ4n) is 4.93. The molecule has 2 nitrogen and oxygen atoms in total. The SMILES string of the molecule is [2H]c1c([2H])c([2H])c2c(-c3cccc4c3-c3ccc5ccccc5c3S4(=O)=O)c3c([2H])c([2H])c([2H])c([2H])c3c(Br)c2c1[2H]. The van der Waals surface area contributed by atoms with E-state index < -0.39 is 46.1 Å². The highest BCUT2D eigenvalue weighted by Gasteiger charge is 2.36. The van der Waals surface area contributed by atoms with Crippen molar-refractivity contribution >= 4 is 58.1 Å². The molecule has 0 unspecified atom stereocenters. The Labute approximate surface area is 216 Å². The van der Waals surface area contributed by atoms with Crippen molar-refractivity contribution in [3.8, 4) is 22.3 Å². The second-order valence-electron chi connectivity index (χ2n) is 8.03. The summed E-state index contributed by atoms with van der Waals surface area (Å²) in [7, 11) is -4.01. The molecule has 1 aliphatic heterocycles. The normalized spacial score (nSPS) is 17.2. The number of hydrogen-bond donors (Lipinski definition) is 0. The summed E-state index contributed by atoms with van der Waals surface area (Å²) < 4.78 is 97.0. The summed E-state index contributed by atoms with van der Waals surface area (Å²) in [5.41, 5.74) is 1.10. The third-order valence-electron chi connectivity index (χ3n) is 6.32. The van der Waals surface area contributed by atoms with Gasteiger partial charge in [0.25, 0.3) is 0 Å². The molecule has 6 aromatic rings. The summed E-state index contributed by atoms with van der Waals surface area (Å²) in [4.78, 5) is 0.134. The number of fused-ring (bicyclic) bond motifs is 7. The Bertz CT molecular complexity index is 2290. The predicted molar refractivity (Wildman–Crippen MR) is 143 cm³/mol. The lowest BCUT2D eigenvalue weighted by Crippen LogP contribution is -1.97. The van der Waals surface area contributed by atoms with E-state index in [1.54, 1.807) is 24.3 Å². The molecular weight excluding hydrogens is 504 g/mol. The minimum Gasteiger partial charge on any atom is -0.218 e. The van der Waals surface area contributed by atoms with E-state index in [0.29, 0.717) is 16.5 Å². The first-order valence-corrected chi connectivity index (χ1v) is 12.7. The van der Waals surface area contributed by atoms with Crippen molar-refractivity contribution in [1.82, 2.24) is 0 Å². The second kappa shape index (κ2) is 7.02. The second-order valence-corrected chi connectivity index (χ2v) is 10.7. The monoisotopic (exact) mass is 528 g/mol. The molecular formula is C30H17BrO2S. The summed E-state index contributed by atoms with van der Waals surface area (Å²) in [6, 6.07) is 11.6. The van der Waals surface area contributed by atoms with Crippen molar-refractivity contribution < 1.29 is 19.4 Å². The van der Waals surface area contributed by atoms with Crippen LogP contribution in [-0.2, 0) is 9.84 Å². The molecule has 0 radical (unpaired) electrons. The minimum absolute atomic E-state index is 0.0113. The highest BCUT2D eigenvalue weighted by Crippen LogP contribution is 2.52. The number of rotatable bonds is 1. The molecule has 6 aromatic carbocycles. The van der Waals surface area contributed by atoms with Crippen LogP contribution in [0, 0.1) is 0 Å². The average molecular weight is 529 g/mol. The predicted octanol–water partition coefficient (Wildman–Crippen LogP) is 8.39. The highest BCUT2D eigenvalue weighted by atomic mass is 79.9. The van der Waals surface area contributed by atoms with Crippen LogP contribution in [0.2, 0.25) is 0 Å². The smallest absolute Gasteiger partial charge is 0.208 e. The van der Waals surface area contributed by atoms with Gasteiger partial charge >= 0.3 is 0 Å². The van der Waals surface area contributed by atoms with Crippen molar-refractivity contribution in [2.75, 3.05) is 0 Å². The largest absolute Gasteiger partial charge is 0.218 e. The molecule has 0 atom stereocenters. The maximum atomic E-state index is 14.0. The molecule has 0 aromatic heterocycles. The fourth-order valence-corrected chi connectivity index (χ4v) is 7.43. The van der Waals surface area contributed by atoms with E-state index in [9.17, 15) is 8.42 Å². The van der Waals surface area contributed by atoms with E-state index in [2.05, 4.69) is 15.9 Å². The average Bonchev–Trinajstić information content (AvgIpc) is 3.23. The number of hydrogen-bond acceptors (Lipinski definition) is 2. The van der Waals surface area contributed by atoms with Crippen LogP contribution in [0.15, 0.2) is 117 Å². The van der Waals surface area contributed by atoms with Crippen molar-refractivity contribution in [1.29, 1.82) is 0 Å². The van der Waals surface area contributed by atoms with Crippen LogP contribution in [0.3, 0.4) is 0 Å². The van der Waals surface area contributed by atoms with Gasteiger partial charge in [-0.1, -0.05) is 96.9 Å². The van der Waals surface area contributed by atoms with Crippen LogP contribution in [0.1, 0.15) is 11.0 Å². The van der Waals surface area contributed by atoms with Gasteiger partial charge in [-0.15, -0.1) is 0 Å². The van der Waals surface area contributed by atoms with E-state index in [-0.39, 0.29) is 59.0 Å². The molecule has 4 heteroatoms. The molecule has 0 fully saturated rings. The van der Waals surface area contributed by atoms with Gasteiger partial charge in [0, 0.05) is 21.0 Å². The maximum absolute atomic E-state index is 14.0. The Balaban J connectivity index is 1.80. The van der Waals surface area contributed by atoms with Crippen molar-refractivity contribution in [3.63, 3.8) is 0 Å². The zero-order valence-corrected chi connectivity index (χ0v) is 19.7. The highest BCUT2D eigenvalue weighted by molar-refractivity contribution is 9.10. The van der Waals surface area contributed by atoms with Crippen LogP contribution < -0.4 is 0 Å². The van der Waals surface area contributed by atoms with Crippen LogP contribution in [0.25, 0.3) is 54.6 Å². The van der Waals surface area contributed by atoms with Crippen LogP contribution in [0.5, 0.6) is 0 Å². The zero-order chi connectivity index (χ0) is 30.0. The van der Waals surface area contributed by atoms with Crippen LogP contribution in [0.4, 0.5) is 0 Å². The van der Waals surface area contributed by atoms with Gasteiger partial charge in [0.15, 0.2) is 0 Å². The molecule has 0 spiro atoms. The Morgan fingerprint density at radius 3 is 1.97 bits per heavy atom. The molecule has 7 rings (SSSR count). The molecule has 0 N–H and O–H groups in total. The number of halogens is 1. The molecule has 0 aliphatic carbocycles. The fraction of sp³-hybridized carbons (Fsp3) is 0. The van der Waals surface area contributed by atoms with Gasteiger partial charge in [-0.25, -0.2) is 8.42 Å². The molecule has 0 saturated carbocycles. The molecule has 0 saturated heterocycles. The molecule has 0 amide bonds. The molecule has 34 heavy (non-hydrogen) atoms.